The summed E-state index contributed by atoms with van der Waals surface area (Å²) >= 11 is 0. The zero-order chi connectivity index (χ0) is 20.4. The van der Waals surface area contributed by atoms with Gasteiger partial charge < -0.3 is 20.1 Å². The lowest BCUT2D eigenvalue weighted by atomic mass is 10.2. The van der Waals surface area contributed by atoms with Crippen LogP contribution in [0.25, 0.3) is 0 Å². The van der Waals surface area contributed by atoms with Crippen molar-refractivity contribution in [1.82, 2.24) is 5.32 Å². The largest absolute Gasteiger partial charge is 0.494 e. The molecule has 0 aliphatic heterocycles. The number of carbonyl (C=O) groups is 3. The van der Waals surface area contributed by atoms with Gasteiger partial charge in [-0.2, -0.15) is 0 Å². The van der Waals surface area contributed by atoms with Gasteiger partial charge in [-0.3, -0.25) is 9.59 Å². The van der Waals surface area contributed by atoms with Gasteiger partial charge >= 0.3 is 5.97 Å². The number of esters is 1. The summed E-state index contributed by atoms with van der Waals surface area (Å²) in [5.74, 6) is -1.55. The van der Waals surface area contributed by atoms with Crippen LogP contribution in [-0.2, 0) is 14.3 Å². The molecule has 0 fully saturated rings. The van der Waals surface area contributed by atoms with E-state index in [1.807, 2.05) is 6.92 Å². The third kappa shape index (κ3) is 7.06. The molecule has 0 saturated heterocycles. The highest BCUT2D eigenvalue weighted by molar-refractivity contribution is 5.95. The highest BCUT2D eigenvalue weighted by atomic mass is 19.1. The van der Waals surface area contributed by atoms with Gasteiger partial charge in [0.2, 0.25) is 5.91 Å². The maximum atomic E-state index is 12.8. The number of ether oxygens (including phenoxy) is 2. The Morgan fingerprint density at radius 1 is 0.964 bits per heavy atom. The fourth-order valence-electron chi connectivity index (χ4n) is 2.09. The topological polar surface area (TPSA) is 93.7 Å². The molecule has 2 aromatic carbocycles. The van der Waals surface area contributed by atoms with Gasteiger partial charge in [0.15, 0.2) is 6.61 Å². The van der Waals surface area contributed by atoms with E-state index >= 15 is 0 Å². The summed E-state index contributed by atoms with van der Waals surface area (Å²) in [4.78, 5) is 35.4. The molecule has 8 heteroatoms. The molecule has 0 saturated carbocycles. The third-order valence-corrected chi connectivity index (χ3v) is 3.47. The van der Waals surface area contributed by atoms with E-state index in [-0.39, 0.29) is 12.1 Å². The van der Waals surface area contributed by atoms with Crippen molar-refractivity contribution in [2.24, 2.45) is 0 Å². The van der Waals surface area contributed by atoms with Crippen molar-refractivity contribution in [3.05, 3.63) is 59.9 Å². The highest BCUT2D eigenvalue weighted by Gasteiger charge is 2.11. The number of benzene rings is 2. The molecule has 0 bridgehead atoms. The van der Waals surface area contributed by atoms with Crippen molar-refractivity contribution < 1.29 is 28.2 Å². The van der Waals surface area contributed by atoms with Crippen molar-refractivity contribution in [2.75, 3.05) is 25.1 Å². The van der Waals surface area contributed by atoms with Gasteiger partial charge in [0, 0.05) is 5.69 Å². The molecule has 0 atom stereocenters. The van der Waals surface area contributed by atoms with E-state index in [4.69, 9.17) is 9.47 Å². The second-order valence-corrected chi connectivity index (χ2v) is 5.78. The summed E-state index contributed by atoms with van der Waals surface area (Å²) in [6, 6.07) is 11.6. The van der Waals surface area contributed by atoms with Gasteiger partial charge in [-0.05, 0) is 55.0 Å². The zero-order valence-corrected chi connectivity index (χ0v) is 15.4. The molecular weight excluding hydrogens is 367 g/mol. The quantitative estimate of drug-likeness (QED) is 0.644. The number of hydrogen-bond acceptors (Lipinski definition) is 5. The monoisotopic (exact) mass is 388 g/mol. The predicted molar refractivity (Wildman–Crippen MR) is 101 cm³/mol. The van der Waals surface area contributed by atoms with Crippen molar-refractivity contribution >= 4 is 23.5 Å². The van der Waals surface area contributed by atoms with Gasteiger partial charge in [-0.1, -0.05) is 6.92 Å². The van der Waals surface area contributed by atoms with Gasteiger partial charge in [0.05, 0.1) is 18.7 Å². The Labute approximate surface area is 161 Å². The molecule has 2 aromatic rings. The minimum absolute atomic E-state index is 0.283. The lowest BCUT2D eigenvalue weighted by Crippen LogP contribution is -2.35. The maximum Gasteiger partial charge on any atom is 0.338 e. The lowest BCUT2D eigenvalue weighted by molar-refractivity contribution is -0.126. The van der Waals surface area contributed by atoms with E-state index < -0.39 is 30.2 Å². The SMILES string of the molecule is CCCOc1ccc(C(=O)OCC(=O)NCC(=O)Nc2ccc(F)cc2)cc1. The summed E-state index contributed by atoms with van der Waals surface area (Å²) in [6.07, 6.45) is 0.876. The van der Waals surface area contributed by atoms with Crippen molar-refractivity contribution in [3.8, 4) is 5.75 Å². The van der Waals surface area contributed by atoms with Gasteiger partial charge in [0.1, 0.15) is 11.6 Å². The summed E-state index contributed by atoms with van der Waals surface area (Å²) in [6.45, 7) is 1.75. The summed E-state index contributed by atoms with van der Waals surface area (Å²) in [5, 5.41) is 4.83. The number of rotatable bonds is 9. The van der Waals surface area contributed by atoms with E-state index in [1.54, 1.807) is 24.3 Å². The molecule has 2 rings (SSSR count). The fraction of sp³-hybridized carbons (Fsp3) is 0.250. The molecule has 2 N–H and O–H groups in total. The molecule has 0 unspecified atom stereocenters. The van der Waals surface area contributed by atoms with Crippen molar-refractivity contribution in [1.29, 1.82) is 0 Å². The average molecular weight is 388 g/mol. The van der Waals surface area contributed by atoms with E-state index in [0.29, 0.717) is 18.0 Å². The number of carbonyl (C=O) groups excluding carboxylic acids is 3. The standard InChI is InChI=1S/C20H21FN2O5/c1-2-11-27-17-9-3-14(4-10-17)20(26)28-13-19(25)22-12-18(24)23-16-7-5-15(21)6-8-16/h3-10H,2,11-13H2,1H3,(H,22,25)(H,23,24). The van der Waals surface area contributed by atoms with E-state index in [1.165, 1.54) is 24.3 Å². The molecule has 0 aromatic heterocycles. The highest BCUT2D eigenvalue weighted by Crippen LogP contribution is 2.13. The van der Waals surface area contributed by atoms with E-state index in [9.17, 15) is 18.8 Å². The summed E-state index contributed by atoms with van der Waals surface area (Å²) in [5.41, 5.74) is 0.684. The minimum atomic E-state index is -0.659. The van der Waals surface area contributed by atoms with E-state index in [2.05, 4.69) is 10.6 Å². The first-order valence-electron chi connectivity index (χ1n) is 8.70. The van der Waals surface area contributed by atoms with Crippen molar-refractivity contribution in [2.45, 2.75) is 13.3 Å². The third-order valence-electron chi connectivity index (χ3n) is 3.47. The molecule has 148 valence electrons. The normalized spacial score (nSPS) is 10.1. The van der Waals surface area contributed by atoms with Gasteiger partial charge in [0.25, 0.3) is 5.91 Å². The lowest BCUT2D eigenvalue weighted by Gasteiger charge is -2.08. The van der Waals surface area contributed by atoms with Crippen LogP contribution in [0.2, 0.25) is 0 Å². The van der Waals surface area contributed by atoms with Crippen LogP contribution in [0.4, 0.5) is 10.1 Å². The number of anilines is 1. The first-order chi connectivity index (χ1) is 13.5. The molecule has 0 spiro atoms. The Morgan fingerprint density at radius 3 is 2.29 bits per heavy atom. The Hall–Kier alpha value is -3.42. The molecular formula is C20H21FN2O5. The Morgan fingerprint density at radius 2 is 1.64 bits per heavy atom. The van der Waals surface area contributed by atoms with Crippen LogP contribution in [0.3, 0.4) is 0 Å². The summed E-state index contributed by atoms with van der Waals surface area (Å²) in [7, 11) is 0. The van der Waals surface area contributed by atoms with Gasteiger partial charge in [-0.25, -0.2) is 9.18 Å². The minimum Gasteiger partial charge on any atom is -0.494 e. The van der Waals surface area contributed by atoms with Crippen LogP contribution in [0.15, 0.2) is 48.5 Å². The number of amides is 2. The smallest absolute Gasteiger partial charge is 0.338 e. The molecule has 0 aliphatic carbocycles. The number of hydrogen-bond donors (Lipinski definition) is 2. The van der Waals surface area contributed by atoms with E-state index in [0.717, 1.165) is 6.42 Å². The first-order valence-corrected chi connectivity index (χ1v) is 8.70. The Balaban J connectivity index is 1.70. The van der Waals surface area contributed by atoms with Crippen LogP contribution in [-0.4, -0.2) is 37.5 Å². The van der Waals surface area contributed by atoms with Crippen molar-refractivity contribution in [3.63, 3.8) is 0 Å². The number of nitrogens with one attached hydrogen (secondary N) is 2. The maximum absolute atomic E-state index is 12.8. The second kappa shape index (κ2) is 10.7. The second-order valence-electron chi connectivity index (χ2n) is 5.78. The summed E-state index contributed by atoms with van der Waals surface area (Å²) < 4.78 is 23.1. The zero-order valence-electron chi connectivity index (χ0n) is 15.4. The molecule has 0 radical (unpaired) electrons. The molecule has 2 amide bonds. The molecule has 0 heterocycles. The Kier molecular flexibility index (Phi) is 7.95. The molecule has 0 aliphatic rings. The van der Waals surface area contributed by atoms with Crippen LogP contribution in [0.1, 0.15) is 23.7 Å². The fourth-order valence-corrected chi connectivity index (χ4v) is 2.09. The van der Waals surface area contributed by atoms with Gasteiger partial charge in [-0.15, -0.1) is 0 Å². The average Bonchev–Trinajstić information content (AvgIpc) is 2.71. The molecule has 7 nitrogen and oxygen atoms in total. The van der Waals surface area contributed by atoms with Crippen LogP contribution in [0.5, 0.6) is 5.75 Å². The first kappa shape index (κ1) is 20.9. The van der Waals surface area contributed by atoms with Crippen LogP contribution >= 0.6 is 0 Å². The van der Waals surface area contributed by atoms with Crippen LogP contribution < -0.4 is 15.4 Å². The number of halogens is 1. The molecule has 28 heavy (non-hydrogen) atoms. The Bertz CT molecular complexity index is 806. The van der Waals surface area contributed by atoms with Crippen LogP contribution in [0, 0.1) is 5.82 Å². The predicted octanol–water partition coefficient (Wildman–Crippen LogP) is 2.53.